The van der Waals surface area contributed by atoms with Crippen LogP contribution in [0.1, 0.15) is 36.4 Å². The van der Waals surface area contributed by atoms with Crippen molar-refractivity contribution in [2.24, 2.45) is 5.92 Å². The molecule has 2 aromatic rings. The normalized spacial score (nSPS) is 18.5. The van der Waals surface area contributed by atoms with Gasteiger partial charge in [-0.15, -0.1) is 0 Å². The fourth-order valence-electron chi connectivity index (χ4n) is 4.04. The summed E-state index contributed by atoms with van der Waals surface area (Å²) in [6.07, 6.45) is 2.42. The molecular formula is C22H32N2O2S. The summed E-state index contributed by atoms with van der Waals surface area (Å²) >= 11 is 0. The molecule has 148 valence electrons. The quantitative estimate of drug-likeness (QED) is 0.783. The maximum Gasteiger partial charge on any atom is 0.161 e. The van der Waals surface area contributed by atoms with Crippen molar-refractivity contribution in [2.45, 2.75) is 40.7 Å². The van der Waals surface area contributed by atoms with Crippen LogP contribution in [0.25, 0.3) is 0 Å². The molecule has 1 saturated heterocycles. The summed E-state index contributed by atoms with van der Waals surface area (Å²) in [5.41, 5.74) is 4.99. The SMILES string of the molecule is C.Cc1cc(CC2CCN(Cc3ccc4c(c3)OCCO4)C2)cc(C)n1.S. The monoisotopic (exact) mass is 388 g/mol. The average Bonchev–Trinajstić information content (AvgIpc) is 3.00. The Bertz CT molecular complexity index is 746. The third-order valence-electron chi connectivity index (χ3n) is 5.05. The summed E-state index contributed by atoms with van der Waals surface area (Å²) in [6.45, 7) is 8.78. The molecule has 2 aliphatic heterocycles. The molecule has 0 N–H and O–H groups in total. The molecule has 0 amide bonds. The Balaban J connectivity index is 0.00000131. The van der Waals surface area contributed by atoms with E-state index in [4.69, 9.17) is 9.47 Å². The van der Waals surface area contributed by atoms with Gasteiger partial charge in [-0.3, -0.25) is 9.88 Å². The Hall–Kier alpha value is -1.72. The lowest BCUT2D eigenvalue weighted by molar-refractivity contribution is 0.171. The van der Waals surface area contributed by atoms with Gasteiger partial charge in [0.1, 0.15) is 13.2 Å². The van der Waals surface area contributed by atoms with E-state index in [1.807, 2.05) is 6.07 Å². The molecule has 27 heavy (non-hydrogen) atoms. The number of likely N-dealkylation sites (tertiary alicyclic amines) is 1. The minimum Gasteiger partial charge on any atom is -0.486 e. The molecule has 1 unspecified atom stereocenters. The van der Waals surface area contributed by atoms with Gasteiger partial charge in [-0.25, -0.2) is 0 Å². The van der Waals surface area contributed by atoms with Crippen molar-refractivity contribution in [3.63, 3.8) is 0 Å². The van der Waals surface area contributed by atoms with E-state index in [-0.39, 0.29) is 20.9 Å². The average molecular weight is 389 g/mol. The highest BCUT2D eigenvalue weighted by atomic mass is 32.1. The number of rotatable bonds is 4. The lowest BCUT2D eigenvalue weighted by Gasteiger charge is -2.21. The Labute approximate surface area is 170 Å². The van der Waals surface area contributed by atoms with Crippen LogP contribution < -0.4 is 9.47 Å². The van der Waals surface area contributed by atoms with E-state index in [1.165, 1.54) is 24.1 Å². The summed E-state index contributed by atoms with van der Waals surface area (Å²) < 4.78 is 11.3. The Kier molecular flexibility index (Phi) is 7.57. The Morgan fingerprint density at radius 2 is 1.70 bits per heavy atom. The number of hydrogen-bond acceptors (Lipinski definition) is 4. The number of aromatic nitrogens is 1. The molecule has 1 aromatic heterocycles. The van der Waals surface area contributed by atoms with E-state index in [9.17, 15) is 0 Å². The zero-order valence-corrected chi connectivity index (χ0v) is 16.6. The topological polar surface area (TPSA) is 34.6 Å². The summed E-state index contributed by atoms with van der Waals surface area (Å²) in [7, 11) is 0. The molecule has 3 heterocycles. The van der Waals surface area contributed by atoms with Crippen molar-refractivity contribution in [1.82, 2.24) is 9.88 Å². The van der Waals surface area contributed by atoms with Crippen LogP contribution in [0.2, 0.25) is 0 Å². The zero-order valence-electron chi connectivity index (χ0n) is 15.6. The molecule has 4 rings (SSSR count). The van der Waals surface area contributed by atoms with Gasteiger partial charge in [-0.05, 0) is 74.5 Å². The minimum atomic E-state index is 0. The zero-order chi connectivity index (χ0) is 17.2. The molecule has 5 heteroatoms. The van der Waals surface area contributed by atoms with Crippen LogP contribution in [0.15, 0.2) is 30.3 Å². The Morgan fingerprint density at radius 3 is 2.44 bits per heavy atom. The lowest BCUT2D eigenvalue weighted by atomic mass is 9.98. The first-order valence-corrected chi connectivity index (χ1v) is 9.21. The van der Waals surface area contributed by atoms with Crippen LogP contribution in [-0.2, 0) is 13.0 Å². The van der Waals surface area contributed by atoms with E-state index >= 15 is 0 Å². The second kappa shape index (κ2) is 9.47. The van der Waals surface area contributed by atoms with Gasteiger partial charge in [0.2, 0.25) is 0 Å². The number of hydrogen-bond donors (Lipinski definition) is 0. The maximum absolute atomic E-state index is 5.70. The summed E-state index contributed by atoms with van der Waals surface area (Å²) in [5, 5.41) is 0. The minimum absolute atomic E-state index is 0. The van der Waals surface area contributed by atoms with Crippen molar-refractivity contribution in [1.29, 1.82) is 0 Å². The van der Waals surface area contributed by atoms with Gasteiger partial charge in [-0.1, -0.05) is 13.5 Å². The van der Waals surface area contributed by atoms with Crippen LogP contribution in [0.4, 0.5) is 0 Å². The van der Waals surface area contributed by atoms with Gasteiger partial charge in [0, 0.05) is 24.5 Å². The van der Waals surface area contributed by atoms with Gasteiger partial charge >= 0.3 is 0 Å². The molecule has 0 radical (unpaired) electrons. The predicted molar refractivity (Wildman–Crippen MR) is 115 cm³/mol. The molecule has 1 aromatic carbocycles. The van der Waals surface area contributed by atoms with Gasteiger partial charge in [0.15, 0.2) is 11.5 Å². The molecule has 0 bridgehead atoms. The summed E-state index contributed by atoms with van der Waals surface area (Å²) in [6, 6.07) is 10.8. The number of aryl methyl sites for hydroxylation is 2. The highest BCUT2D eigenvalue weighted by Gasteiger charge is 2.23. The largest absolute Gasteiger partial charge is 0.486 e. The number of fused-ring (bicyclic) bond motifs is 1. The second-order valence-corrected chi connectivity index (χ2v) is 7.33. The van der Waals surface area contributed by atoms with Gasteiger partial charge < -0.3 is 9.47 Å². The third kappa shape index (κ3) is 5.39. The number of pyridine rings is 1. The van der Waals surface area contributed by atoms with Crippen LogP contribution in [0.3, 0.4) is 0 Å². The van der Waals surface area contributed by atoms with E-state index < -0.39 is 0 Å². The van der Waals surface area contributed by atoms with Crippen LogP contribution >= 0.6 is 13.5 Å². The lowest BCUT2D eigenvalue weighted by Crippen LogP contribution is -2.21. The number of benzene rings is 1. The van der Waals surface area contributed by atoms with Crippen molar-refractivity contribution in [3.8, 4) is 11.5 Å². The van der Waals surface area contributed by atoms with Crippen LogP contribution in [0, 0.1) is 19.8 Å². The maximum atomic E-state index is 5.70. The molecule has 1 atom stereocenters. The number of ether oxygens (including phenoxy) is 2. The number of nitrogens with zero attached hydrogens (tertiary/aromatic N) is 2. The van der Waals surface area contributed by atoms with E-state index in [1.54, 1.807) is 0 Å². The van der Waals surface area contributed by atoms with Gasteiger partial charge in [0.25, 0.3) is 0 Å². The van der Waals surface area contributed by atoms with Crippen molar-refractivity contribution in [2.75, 3.05) is 26.3 Å². The molecular weight excluding hydrogens is 356 g/mol. The summed E-state index contributed by atoms with van der Waals surface area (Å²) in [5.74, 6) is 2.50. The fourth-order valence-corrected chi connectivity index (χ4v) is 4.04. The van der Waals surface area contributed by atoms with E-state index in [2.05, 4.69) is 48.0 Å². The second-order valence-electron chi connectivity index (χ2n) is 7.33. The van der Waals surface area contributed by atoms with Crippen LogP contribution in [0.5, 0.6) is 11.5 Å². The molecule has 4 nitrogen and oxygen atoms in total. The molecule has 0 saturated carbocycles. The van der Waals surface area contributed by atoms with E-state index in [0.29, 0.717) is 13.2 Å². The molecule has 1 fully saturated rings. The first-order valence-electron chi connectivity index (χ1n) is 9.21. The van der Waals surface area contributed by atoms with Crippen molar-refractivity contribution in [3.05, 3.63) is 52.8 Å². The van der Waals surface area contributed by atoms with Crippen LogP contribution in [-0.4, -0.2) is 36.2 Å². The highest BCUT2D eigenvalue weighted by molar-refractivity contribution is 7.59. The first kappa shape index (κ1) is 21.6. The first-order chi connectivity index (χ1) is 12.2. The van der Waals surface area contributed by atoms with E-state index in [0.717, 1.165) is 48.3 Å². The third-order valence-corrected chi connectivity index (χ3v) is 5.05. The molecule has 2 aliphatic rings. The van der Waals surface area contributed by atoms with Gasteiger partial charge in [-0.2, -0.15) is 13.5 Å². The highest BCUT2D eigenvalue weighted by Crippen LogP contribution is 2.32. The van der Waals surface area contributed by atoms with Crippen molar-refractivity contribution < 1.29 is 9.47 Å². The summed E-state index contributed by atoms with van der Waals surface area (Å²) in [4.78, 5) is 7.03. The van der Waals surface area contributed by atoms with Crippen molar-refractivity contribution >= 4 is 13.5 Å². The smallest absolute Gasteiger partial charge is 0.161 e. The van der Waals surface area contributed by atoms with Gasteiger partial charge in [0.05, 0.1) is 0 Å². The molecule has 0 aliphatic carbocycles. The predicted octanol–water partition coefficient (Wildman–Crippen LogP) is 4.28. The fraction of sp³-hybridized carbons (Fsp3) is 0.500. The standard InChI is InChI=1S/C21H26N2O2.CH4.H2S/c1-15-9-19(10-16(2)22-15)11-18-5-6-23(14-18)13-17-3-4-20-21(12-17)25-8-7-24-20;;/h3-4,9-10,12,18H,5-8,11,13-14H2,1-2H3;1H4;1H2. The molecule has 0 spiro atoms. The Morgan fingerprint density at radius 1 is 1.00 bits per heavy atom.